The van der Waals surface area contributed by atoms with Gasteiger partial charge < -0.3 is 15.7 Å². The van der Waals surface area contributed by atoms with Crippen molar-refractivity contribution < 1.29 is 14.7 Å². The van der Waals surface area contributed by atoms with Crippen LogP contribution in [0.4, 0.5) is 0 Å². The van der Waals surface area contributed by atoms with Crippen molar-refractivity contribution >= 4 is 11.9 Å². The molecule has 1 unspecified atom stereocenters. The Bertz CT molecular complexity index is 440. The number of carboxylic acids is 1. The molecule has 116 valence electrons. The zero-order valence-electron chi connectivity index (χ0n) is 12.1. The van der Waals surface area contributed by atoms with E-state index in [9.17, 15) is 20.0 Å². The highest BCUT2D eigenvalue weighted by atomic mass is 16.4. The van der Waals surface area contributed by atoms with Crippen LogP contribution in [0.5, 0.6) is 0 Å². The minimum atomic E-state index is -0.928. The normalized spacial score (nSPS) is 25.8. The number of carbonyl (C=O) groups excluding carboxylic acids is 1. The summed E-state index contributed by atoms with van der Waals surface area (Å²) in [6.45, 7) is 1.55. The van der Waals surface area contributed by atoms with E-state index in [-0.39, 0.29) is 12.5 Å². The van der Waals surface area contributed by atoms with Crippen LogP contribution in [0.25, 0.3) is 0 Å². The van der Waals surface area contributed by atoms with Gasteiger partial charge in [0.25, 0.3) is 0 Å². The van der Waals surface area contributed by atoms with Crippen molar-refractivity contribution in [1.82, 2.24) is 15.5 Å². The Labute approximate surface area is 124 Å². The van der Waals surface area contributed by atoms with E-state index in [2.05, 4.69) is 16.7 Å². The molecule has 2 aliphatic rings. The highest BCUT2D eigenvalue weighted by molar-refractivity contribution is 5.81. The summed E-state index contributed by atoms with van der Waals surface area (Å²) in [7, 11) is 0. The molecule has 7 heteroatoms. The molecular weight excluding hydrogens is 272 g/mol. The molecule has 1 amide bonds. The number of carboxylic acid groups (broad SMARTS) is 1. The SMILES string of the molecule is N#CC1(NC(=O)CN2CCNCC2C(=O)O)CCCCC1. The lowest BCUT2D eigenvalue weighted by molar-refractivity contribution is -0.144. The predicted molar refractivity (Wildman–Crippen MR) is 75.4 cm³/mol. The molecule has 1 aliphatic carbocycles. The second-order valence-electron chi connectivity index (χ2n) is 5.83. The number of nitrogens with one attached hydrogen (secondary N) is 2. The Morgan fingerprint density at radius 1 is 1.38 bits per heavy atom. The van der Waals surface area contributed by atoms with Gasteiger partial charge in [-0.25, -0.2) is 0 Å². The second kappa shape index (κ2) is 6.87. The molecule has 7 nitrogen and oxygen atoms in total. The standard InChI is InChI=1S/C14H22N4O3/c15-10-14(4-2-1-3-5-14)17-12(19)9-18-7-6-16-8-11(18)13(20)21/h11,16H,1-9H2,(H,17,19)(H,20,21). The Balaban J connectivity index is 1.94. The number of piperazine rings is 1. The van der Waals surface area contributed by atoms with E-state index in [1.54, 1.807) is 4.90 Å². The number of nitrogens with zero attached hydrogens (tertiary/aromatic N) is 2. The van der Waals surface area contributed by atoms with Gasteiger partial charge in [0.15, 0.2) is 0 Å². The maximum Gasteiger partial charge on any atom is 0.322 e. The van der Waals surface area contributed by atoms with Crippen LogP contribution in [0.3, 0.4) is 0 Å². The van der Waals surface area contributed by atoms with E-state index in [1.165, 1.54) is 0 Å². The Hall–Kier alpha value is -1.65. The molecule has 1 aliphatic heterocycles. The topological polar surface area (TPSA) is 105 Å². The Morgan fingerprint density at radius 2 is 2.10 bits per heavy atom. The quantitative estimate of drug-likeness (QED) is 0.656. The van der Waals surface area contributed by atoms with Crippen molar-refractivity contribution in [3.8, 4) is 6.07 Å². The smallest absolute Gasteiger partial charge is 0.322 e. The van der Waals surface area contributed by atoms with Crippen molar-refractivity contribution in [2.75, 3.05) is 26.2 Å². The van der Waals surface area contributed by atoms with Gasteiger partial charge in [-0.2, -0.15) is 5.26 Å². The monoisotopic (exact) mass is 294 g/mol. The van der Waals surface area contributed by atoms with Gasteiger partial charge in [0, 0.05) is 19.6 Å². The highest BCUT2D eigenvalue weighted by Crippen LogP contribution is 2.27. The molecule has 0 bridgehead atoms. The van der Waals surface area contributed by atoms with Gasteiger partial charge in [0.05, 0.1) is 12.6 Å². The molecular formula is C14H22N4O3. The van der Waals surface area contributed by atoms with Gasteiger partial charge in [-0.15, -0.1) is 0 Å². The highest BCUT2D eigenvalue weighted by Gasteiger charge is 2.35. The number of amides is 1. The molecule has 2 rings (SSSR count). The van der Waals surface area contributed by atoms with Crippen molar-refractivity contribution in [3.63, 3.8) is 0 Å². The first kappa shape index (κ1) is 15.7. The molecule has 1 saturated carbocycles. The van der Waals surface area contributed by atoms with Gasteiger partial charge in [0.1, 0.15) is 11.6 Å². The first-order valence-corrected chi connectivity index (χ1v) is 7.46. The maximum absolute atomic E-state index is 12.2. The fraction of sp³-hybridized carbons (Fsp3) is 0.786. The zero-order valence-corrected chi connectivity index (χ0v) is 12.1. The van der Waals surface area contributed by atoms with E-state index in [0.29, 0.717) is 32.5 Å². The Morgan fingerprint density at radius 3 is 2.71 bits per heavy atom. The molecule has 1 atom stereocenters. The number of nitriles is 1. The van der Waals surface area contributed by atoms with Crippen LogP contribution in [-0.2, 0) is 9.59 Å². The van der Waals surface area contributed by atoms with Crippen LogP contribution >= 0.6 is 0 Å². The van der Waals surface area contributed by atoms with E-state index in [4.69, 9.17) is 0 Å². The van der Waals surface area contributed by atoms with E-state index in [0.717, 1.165) is 19.3 Å². The number of hydrogen-bond acceptors (Lipinski definition) is 5. The van der Waals surface area contributed by atoms with Crippen LogP contribution in [-0.4, -0.2) is 59.6 Å². The molecule has 2 fully saturated rings. The second-order valence-corrected chi connectivity index (χ2v) is 5.83. The molecule has 1 heterocycles. The summed E-state index contributed by atoms with van der Waals surface area (Å²) < 4.78 is 0. The average molecular weight is 294 g/mol. The average Bonchev–Trinajstić information content (AvgIpc) is 2.48. The molecule has 0 aromatic heterocycles. The molecule has 3 N–H and O–H groups in total. The van der Waals surface area contributed by atoms with Gasteiger partial charge in [-0.3, -0.25) is 14.5 Å². The summed E-state index contributed by atoms with van der Waals surface area (Å²) in [6.07, 6.45) is 4.34. The summed E-state index contributed by atoms with van der Waals surface area (Å²) in [5, 5.41) is 24.4. The summed E-state index contributed by atoms with van der Waals surface area (Å²) in [5.74, 6) is -1.19. The number of hydrogen-bond donors (Lipinski definition) is 3. The first-order valence-electron chi connectivity index (χ1n) is 7.46. The van der Waals surface area contributed by atoms with Gasteiger partial charge >= 0.3 is 5.97 Å². The van der Waals surface area contributed by atoms with E-state index >= 15 is 0 Å². The number of carbonyl (C=O) groups is 2. The lowest BCUT2D eigenvalue weighted by Crippen LogP contribution is -2.59. The first-order chi connectivity index (χ1) is 10.1. The van der Waals surface area contributed by atoms with Crippen molar-refractivity contribution in [3.05, 3.63) is 0 Å². The third-order valence-electron chi connectivity index (χ3n) is 4.29. The summed E-state index contributed by atoms with van der Waals surface area (Å²) in [4.78, 5) is 25.0. The molecule has 0 radical (unpaired) electrons. The molecule has 1 saturated heterocycles. The minimum absolute atomic E-state index is 0.0298. The summed E-state index contributed by atoms with van der Waals surface area (Å²) >= 11 is 0. The van der Waals surface area contributed by atoms with Crippen LogP contribution in [0, 0.1) is 11.3 Å². The lowest BCUT2D eigenvalue weighted by atomic mass is 9.83. The van der Waals surface area contributed by atoms with Crippen molar-refractivity contribution in [2.45, 2.75) is 43.7 Å². The van der Waals surface area contributed by atoms with Crippen LogP contribution in [0.15, 0.2) is 0 Å². The van der Waals surface area contributed by atoms with Crippen molar-refractivity contribution in [1.29, 1.82) is 5.26 Å². The molecule has 0 spiro atoms. The Kier molecular flexibility index (Phi) is 5.15. The fourth-order valence-corrected chi connectivity index (χ4v) is 3.09. The zero-order chi connectivity index (χ0) is 15.3. The van der Waals surface area contributed by atoms with Gasteiger partial charge in [0.2, 0.25) is 5.91 Å². The number of rotatable bonds is 4. The fourth-order valence-electron chi connectivity index (χ4n) is 3.09. The minimum Gasteiger partial charge on any atom is -0.480 e. The van der Waals surface area contributed by atoms with Crippen molar-refractivity contribution in [2.24, 2.45) is 0 Å². The van der Waals surface area contributed by atoms with E-state index < -0.39 is 17.6 Å². The van der Waals surface area contributed by atoms with E-state index in [1.807, 2.05) is 0 Å². The molecule has 0 aromatic carbocycles. The lowest BCUT2D eigenvalue weighted by Gasteiger charge is -2.35. The van der Waals surface area contributed by atoms with Crippen LogP contribution in [0.1, 0.15) is 32.1 Å². The van der Waals surface area contributed by atoms with Crippen LogP contribution in [0.2, 0.25) is 0 Å². The third kappa shape index (κ3) is 3.93. The molecule has 21 heavy (non-hydrogen) atoms. The van der Waals surface area contributed by atoms with Gasteiger partial charge in [-0.05, 0) is 12.8 Å². The predicted octanol–water partition coefficient (Wildman–Crippen LogP) is -0.313. The summed E-state index contributed by atoms with van der Waals surface area (Å²) in [5.41, 5.74) is -0.762. The third-order valence-corrected chi connectivity index (χ3v) is 4.29. The van der Waals surface area contributed by atoms with Gasteiger partial charge in [-0.1, -0.05) is 19.3 Å². The maximum atomic E-state index is 12.2. The largest absolute Gasteiger partial charge is 0.480 e. The molecule has 0 aromatic rings. The summed E-state index contributed by atoms with van der Waals surface area (Å²) in [6, 6.07) is 1.55. The van der Waals surface area contributed by atoms with Crippen LogP contribution < -0.4 is 10.6 Å². The number of aliphatic carboxylic acids is 1.